The van der Waals surface area contributed by atoms with Crippen molar-refractivity contribution in [1.82, 2.24) is 51.8 Å². The number of hydrogen-bond acceptors (Lipinski definition) is 20. The van der Waals surface area contributed by atoms with Crippen LogP contribution in [0.25, 0.3) is 0 Å². The minimum absolute atomic E-state index is 0. The molecule has 0 fully saturated rings. The van der Waals surface area contributed by atoms with E-state index in [-0.39, 0.29) is 161 Å². The van der Waals surface area contributed by atoms with E-state index in [4.69, 9.17) is 55.5 Å². The number of aromatic nitrogens is 4. The van der Waals surface area contributed by atoms with Crippen molar-refractivity contribution in [2.24, 2.45) is 5.73 Å². The third kappa shape index (κ3) is 55.8. The van der Waals surface area contributed by atoms with E-state index < -0.39 is 24.2 Å². The molecule has 10 N–H and O–H groups in total. The van der Waals surface area contributed by atoms with Crippen LogP contribution in [-0.2, 0) is 158 Å². The van der Waals surface area contributed by atoms with Crippen LogP contribution in [0.2, 0.25) is 0 Å². The number of alkyl carbamates (subject to hydrolysis) is 3. The van der Waals surface area contributed by atoms with Gasteiger partial charge in [0, 0.05) is 132 Å². The van der Waals surface area contributed by atoms with Gasteiger partial charge in [-0.25, -0.2) is 36.7 Å². The molecule has 27 nitrogen and oxygen atoms in total. The van der Waals surface area contributed by atoms with E-state index in [0.29, 0.717) is 32.7 Å². The number of hydrogen-bond donors (Lipinski definition) is 9. The van der Waals surface area contributed by atoms with Gasteiger partial charge in [0.2, 0.25) is 17.7 Å². The number of terminal acetylenes is 1. The topological polar surface area (TPSA) is 374 Å². The van der Waals surface area contributed by atoms with Crippen LogP contribution in [0.5, 0.6) is 0 Å². The van der Waals surface area contributed by atoms with Crippen LogP contribution in [0.15, 0.2) is 292 Å². The van der Waals surface area contributed by atoms with Gasteiger partial charge in [0.05, 0.1) is 46.1 Å². The van der Waals surface area contributed by atoms with Gasteiger partial charge in [0.1, 0.15) is 69.5 Å². The summed E-state index contributed by atoms with van der Waals surface area (Å²) < 4.78 is 89.0. The molecule has 8 aromatic carbocycles. The maximum absolute atomic E-state index is 12.9. The molecule has 4 aromatic heterocycles. The van der Waals surface area contributed by atoms with Crippen molar-refractivity contribution in [3.05, 3.63) is 408 Å². The molecule has 0 bridgehead atoms. The average molecular weight is 2160 g/mol. The number of nitrogens with zero attached hydrogens (tertiary/aromatic N) is 4. The SMILES string of the molecule is C#CCNC(=O)COCc1ccc(F)cc1.NCc1ccc(I)cc1.O=C(COCc1ccc(F)cc1)NCC#Cc1ccc(CNC(=O)OCc2cccnc2)cc1.O=C(COCc1ccc(F)cc1)NCCCc1ccc(CNC(=O)OCc2cccnc2)cc1.O=C(NCc1ccc(I)cc1)OCc1cccnc1.O=C(O)COCc1ccc(F)cc1.OCc1cccnc1.[CH3-].[Pd]. The third-order valence-corrected chi connectivity index (χ3v) is 18.6. The predicted octanol–water partition coefficient (Wildman–Crippen LogP) is 15.6. The smallest absolute Gasteiger partial charge is 0.407 e. The van der Waals surface area contributed by atoms with E-state index in [2.05, 4.69) is 127 Å². The standard InChI is InChI=1S/C26H28FN3O4.C26H24FN3O4.C14H13IN2O2.C12H12FNO2.C9H9FO3.C7H8IN.C6H7NO.CH3.Pd/c2*27-24-11-9-22(10-12-24)17-33-19-25(31)29-14-2-3-20-5-7-21(8-6-20)16-30-26(32)34-18-23-4-1-13-28-15-23;15-13-5-3-11(4-6-13)9-17-14(18)19-10-12-2-1-7-16-8-12;1-2-7-14-12(15)9-16-8-10-3-5-11(13)6-4-10;10-8-3-1-7(2-4-8)5-13-6-9(11)12;8-7-3-1-6(5-9)2-4-7;8-5-6-2-1-3-7-4-6;;/h1,4-13,15H,2-3,14,16-19H2,(H,29,31)(H,30,32);1,4-13,15H,14,16-19H2,(H,29,31)(H,30,32);1-8H,9-10H2,(H,17,18);1,3-6H,7-9H2,(H,14,15);1-4H,5-6H2,(H,11,12);1-4H,5,9H2;1-4,8H,5H2;1H3;/q;;;;;;;-1;. The molecule has 12 aromatic rings. The van der Waals surface area contributed by atoms with Crippen molar-refractivity contribution in [2.75, 3.05) is 46.1 Å². The largest absolute Gasteiger partial charge is 0.480 e. The number of aliphatic hydroxyl groups excluding tert-OH is 1. The Morgan fingerprint density at radius 1 is 0.370 bits per heavy atom. The van der Waals surface area contributed by atoms with Crippen molar-refractivity contribution < 1.29 is 115 Å². The first kappa shape index (κ1) is 114. The van der Waals surface area contributed by atoms with Crippen molar-refractivity contribution in [3.8, 4) is 24.2 Å². The van der Waals surface area contributed by atoms with E-state index in [1.165, 1.54) is 61.2 Å². The Labute approximate surface area is 823 Å². The van der Waals surface area contributed by atoms with Gasteiger partial charge in [0.25, 0.3) is 0 Å². The molecule has 6 amide bonds. The zero-order valence-electron chi connectivity index (χ0n) is 73.7. The molecule has 135 heavy (non-hydrogen) atoms. The maximum atomic E-state index is 12.9. The predicted molar refractivity (Wildman–Crippen MR) is 514 cm³/mol. The molecule has 4 heterocycles. The second-order valence-electron chi connectivity index (χ2n) is 27.7. The first-order valence-corrected chi connectivity index (χ1v) is 43.2. The summed E-state index contributed by atoms with van der Waals surface area (Å²) in [7, 11) is 0. The number of halogens is 6. The Hall–Kier alpha value is -13.2. The number of nitrogens with one attached hydrogen (secondary N) is 6. The molecule has 0 spiro atoms. The summed E-state index contributed by atoms with van der Waals surface area (Å²) >= 11 is 4.51. The number of ether oxygens (including phenoxy) is 7. The molecular weight excluding hydrogens is 2060 g/mol. The molecule has 0 saturated carbocycles. The van der Waals surface area contributed by atoms with Crippen molar-refractivity contribution in [1.29, 1.82) is 0 Å². The number of aryl methyl sites for hydroxylation is 1. The van der Waals surface area contributed by atoms with Crippen LogP contribution in [0, 0.1) is 62.0 Å². The molecular formula is C101H104F4I2N11O16Pd-. The quantitative estimate of drug-likeness (QED) is 0.00335. The van der Waals surface area contributed by atoms with Crippen molar-refractivity contribution in [2.45, 2.75) is 91.9 Å². The van der Waals surface area contributed by atoms with Crippen LogP contribution in [0.3, 0.4) is 0 Å². The fourth-order valence-corrected chi connectivity index (χ4v) is 11.0. The van der Waals surface area contributed by atoms with Crippen LogP contribution in [0.1, 0.15) is 84.3 Å². The number of rotatable bonds is 36. The molecule has 0 saturated heterocycles. The van der Waals surface area contributed by atoms with E-state index in [0.717, 1.165) is 85.2 Å². The third-order valence-electron chi connectivity index (χ3n) is 17.1. The fourth-order valence-electron chi connectivity index (χ4n) is 10.3. The van der Waals surface area contributed by atoms with Gasteiger partial charge >= 0.3 is 24.2 Å². The molecule has 0 aliphatic carbocycles. The molecule has 0 atom stereocenters. The zero-order chi connectivity index (χ0) is 95.5. The molecule has 0 aliphatic rings. The van der Waals surface area contributed by atoms with E-state index in [1.807, 2.05) is 115 Å². The first-order chi connectivity index (χ1) is 64.6. The number of carbonyl (C=O) groups excluding carboxylic acids is 6. The summed E-state index contributed by atoms with van der Waals surface area (Å²) in [6, 6.07) is 69.5. The van der Waals surface area contributed by atoms with Gasteiger partial charge in [-0.2, -0.15) is 0 Å². The minimum Gasteiger partial charge on any atom is -0.480 e. The number of aliphatic hydroxyl groups is 1. The van der Waals surface area contributed by atoms with E-state index in [1.54, 1.807) is 116 Å². The molecule has 712 valence electrons. The average Bonchev–Trinajstić information content (AvgIpc) is 0.903. The Bertz CT molecular complexity index is 5460. The van der Waals surface area contributed by atoms with Crippen LogP contribution in [0.4, 0.5) is 31.9 Å². The first-order valence-electron chi connectivity index (χ1n) is 41.0. The van der Waals surface area contributed by atoms with Gasteiger partial charge in [-0.1, -0.05) is 151 Å². The minimum atomic E-state index is -1.01. The number of carboxylic acids is 1. The second-order valence-corrected chi connectivity index (χ2v) is 30.2. The van der Waals surface area contributed by atoms with Gasteiger partial charge in [-0.15, -0.1) is 6.42 Å². The van der Waals surface area contributed by atoms with Gasteiger partial charge in [-0.05, 0) is 223 Å². The zero-order valence-corrected chi connectivity index (χ0v) is 79.6. The van der Waals surface area contributed by atoms with Crippen LogP contribution < -0.4 is 37.6 Å². The number of aliphatic carboxylic acids is 1. The second kappa shape index (κ2) is 70.5. The number of carboxylic acid groups (broad SMARTS) is 1. The summed E-state index contributed by atoms with van der Waals surface area (Å²) in [6.45, 7) is 3.77. The van der Waals surface area contributed by atoms with Gasteiger partial charge in [0.15, 0.2) is 0 Å². The van der Waals surface area contributed by atoms with E-state index in [9.17, 15) is 51.1 Å². The number of nitrogens with two attached hydrogens (primary N) is 1. The van der Waals surface area contributed by atoms with Gasteiger partial charge in [-0.3, -0.25) is 34.3 Å². The summed E-state index contributed by atoms with van der Waals surface area (Å²) in [5, 5.41) is 32.8. The summed E-state index contributed by atoms with van der Waals surface area (Å²) in [5.74, 6) is 5.15. The van der Waals surface area contributed by atoms with Crippen LogP contribution in [-0.4, -0.2) is 118 Å². The summed E-state index contributed by atoms with van der Waals surface area (Å²) in [5.41, 5.74) is 17.9. The molecule has 0 unspecified atom stereocenters. The van der Waals surface area contributed by atoms with E-state index >= 15 is 0 Å². The number of pyridine rings is 4. The van der Waals surface area contributed by atoms with Crippen LogP contribution >= 0.6 is 45.2 Å². The normalized spacial score (nSPS) is 9.83. The van der Waals surface area contributed by atoms with Crippen molar-refractivity contribution in [3.63, 3.8) is 0 Å². The summed E-state index contributed by atoms with van der Waals surface area (Å²) in [4.78, 5) is 95.6. The maximum Gasteiger partial charge on any atom is 0.407 e. The summed E-state index contributed by atoms with van der Waals surface area (Å²) in [6.07, 6.45) is 18.4. The Morgan fingerprint density at radius 3 is 0.993 bits per heavy atom. The van der Waals surface area contributed by atoms with Crippen molar-refractivity contribution >= 4 is 87.2 Å². The Morgan fingerprint density at radius 2 is 0.674 bits per heavy atom. The van der Waals surface area contributed by atoms with Gasteiger partial charge < -0.3 is 88.4 Å². The Balaban J connectivity index is 0.000000348. The molecule has 12 rings (SSSR count). The fraction of sp³-hybridized carbons (Fsp3) is 0.208. The molecule has 34 heteroatoms. The monoisotopic (exact) mass is 2160 g/mol. The number of amides is 6. The number of benzene rings is 8. The number of carbonyl (C=O) groups is 7. The molecule has 0 aliphatic heterocycles. The Kier molecular flexibility index (Phi) is 59.6. The molecule has 0 radical (unpaired) electrons.